The SMILES string of the molecule is CCCCCCCC(=O)OCCOCCCNC(=O)OCC1c2ccccc2-c2ccccc21. The fourth-order valence-electron chi connectivity index (χ4n) is 4.28. The standard InChI is InChI=1S/C28H37NO5/c1-2-3-4-5-6-16-27(30)33-20-19-32-18-11-17-29-28(31)34-21-26-24-14-9-7-12-22(24)23-13-8-10-15-25(23)26/h7-10,12-15,26H,2-6,11,16-21H2,1H3,(H,29,31). The third-order valence-electron chi connectivity index (χ3n) is 6.05. The molecule has 0 radical (unpaired) electrons. The highest BCUT2D eigenvalue weighted by molar-refractivity contribution is 5.79. The molecule has 1 amide bonds. The molecule has 1 aliphatic carbocycles. The Bertz CT molecular complexity index is 868. The van der Waals surface area contributed by atoms with Crippen molar-refractivity contribution in [3.05, 3.63) is 59.7 Å². The first kappa shape index (κ1) is 25.8. The second-order valence-electron chi connectivity index (χ2n) is 8.60. The van der Waals surface area contributed by atoms with Gasteiger partial charge in [0.15, 0.2) is 0 Å². The van der Waals surface area contributed by atoms with Gasteiger partial charge in [-0.05, 0) is 35.1 Å². The molecule has 0 saturated carbocycles. The van der Waals surface area contributed by atoms with Crippen LogP contribution in [0.4, 0.5) is 4.79 Å². The maximum Gasteiger partial charge on any atom is 0.407 e. The van der Waals surface area contributed by atoms with Crippen molar-refractivity contribution < 1.29 is 23.8 Å². The van der Waals surface area contributed by atoms with E-state index in [-0.39, 0.29) is 18.5 Å². The third kappa shape index (κ3) is 7.87. The lowest BCUT2D eigenvalue weighted by atomic mass is 9.98. The summed E-state index contributed by atoms with van der Waals surface area (Å²) in [6.07, 6.45) is 6.29. The molecule has 6 heteroatoms. The van der Waals surface area contributed by atoms with Crippen LogP contribution in [-0.4, -0.2) is 45.0 Å². The minimum atomic E-state index is -0.422. The molecule has 2 aromatic rings. The van der Waals surface area contributed by atoms with Crippen LogP contribution in [0.1, 0.15) is 68.9 Å². The molecule has 0 heterocycles. The van der Waals surface area contributed by atoms with Gasteiger partial charge in [0.25, 0.3) is 0 Å². The van der Waals surface area contributed by atoms with Gasteiger partial charge in [0.2, 0.25) is 0 Å². The molecule has 184 valence electrons. The number of esters is 1. The van der Waals surface area contributed by atoms with E-state index >= 15 is 0 Å². The van der Waals surface area contributed by atoms with E-state index in [1.165, 1.54) is 41.5 Å². The minimum Gasteiger partial charge on any atom is -0.463 e. The van der Waals surface area contributed by atoms with Crippen molar-refractivity contribution in [1.29, 1.82) is 0 Å². The maximum absolute atomic E-state index is 12.1. The first-order chi connectivity index (χ1) is 16.7. The highest BCUT2D eigenvalue weighted by Gasteiger charge is 2.28. The van der Waals surface area contributed by atoms with Gasteiger partial charge in [0.1, 0.15) is 13.2 Å². The smallest absolute Gasteiger partial charge is 0.407 e. The Hall–Kier alpha value is -2.86. The maximum atomic E-state index is 12.1. The van der Waals surface area contributed by atoms with Gasteiger partial charge in [-0.1, -0.05) is 81.1 Å². The lowest BCUT2D eigenvalue weighted by Gasteiger charge is -2.14. The summed E-state index contributed by atoms with van der Waals surface area (Å²) in [5.41, 5.74) is 4.81. The zero-order chi connectivity index (χ0) is 24.0. The summed E-state index contributed by atoms with van der Waals surface area (Å²) in [6.45, 7) is 4.07. The summed E-state index contributed by atoms with van der Waals surface area (Å²) >= 11 is 0. The van der Waals surface area contributed by atoms with E-state index in [1.54, 1.807) is 0 Å². The zero-order valence-corrected chi connectivity index (χ0v) is 20.2. The average Bonchev–Trinajstić information content (AvgIpc) is 3.18. The van der Waals surface area contributed by atoms with Gasteiger partial charge in [0.05, 0.1) is 6.61 Å². The van der Waals surface area contributed by atoms with Crippen molar-refractivity contribution >= 4 is 12.1 Å². The van der Waals surface area contributed by atoms with Crippen molar-refractivity contribution in [2.24, 2.45) is 0 Å². The lowest BCUT2D eigenvalue weighted by Crippen LogP contribution is -2.27. The number of fused-ring (bicyclic) bond motifs is 3. The highest BCUT2D eigenvalue weighted by Crippen LogP contribution is 2.44. The van der Waals surface area contributed by atoms with Crippen molar-refractivity contribution in [2.45, 2.75) is 57.8 Å². The Morgan fingerprint density at radius 3 is 2.18 bits per heavy atom. The molecule has 0 spiro atoms. The second kappa shape index (κ2) is 14.4. The van der Waals surface area contributed by atoms with Crippen LogP contribution < -0.4 is 5.32 Å². The topological polar surface area (TPSA) is 73.9 Å². The zero-order valence-electron chi connectivity index (χ0n) is 20.2. The molecule has 0 fully saturated rings. The van der Waals surface area contributed by atoms with Crippen LogP contribution in [0, 0.1) is 0 Å². The largest absolute Gasteiger partial charge is 0.463 e. The van der Waals surface area contributed by atoms with Gasteiger partial charge >= 0.3 is 12.1 Å². The second-order valence-corrected chi connectivity index (χ2v) is 8.60. The summed E-state index contributed by atoms with van der Waals surface area (Å²) < 4.78 is 16.2. The van der Waals surface area contributed by atoms with Crippen LogP contribution in [-0.2, 0) is 19.0 Å². The van der Waals surface area contributed by atoms with Gasteiger partial charge in [-0.3, -0.25) is 4.79 Å². The van der Waals surface area contributed by atoms with Gasteiger partial charge in [-0.25, -0.2) is 4.79 Å². The fraction of sp³-hybridized carbons (Fsp3) is 0.500. The summed E-state index contributed by atoms with van der Waals surface area (Å²) in [5, 5.41) is 2.77. The molecule has 0 unspecified atom stereocenters. The first-order valence-corrected chi connectivity index (χ1v) is 12.5. The van der Waals surface area contributed by atoms with Crippen molar-refractivity contribution in [3.63, 3.8) is 0 Å². The van der Waals surface area contributed by atoms with Gasteiger partial charge in [0, 0.05) is 25.5 Å². The number of rotatable bonds is 15. The van der Waals surface area contributed by atoms with Gasteiger partial charge in [-0.2, -0.15) is 0 Å². The molecule has 0 aliphatic heterocycles. The van der Waals surface area contributed by atoms with Crippen molar-refractivity contribution in [1.82, 2.24) is 5.32 Å². The first-order valence-electron chi connectivity index (χ1n) is 12.5. The van der Waals surface area contributed by atoms with E-state index < -0.39 is 6.09 Å². The summed E-state index contributed by atoms with van der Waals surface area (Å²) in [6, 6.07) is 16.5. The molecule has 0 aromatic heterocycles. The van der Waals surface area contributed by atoms with Crippen LogP contribution in [0.3, 0.4) is 0 Å². The molecule has 6 nitrogen and oxygen atoms in total. The van der Waals surface area contributed by atoms with Crippen molar-refractivity contribution in [2.75, 3.05) is 33.0 Å². The normalized spacial score (nSPS) is 12.1. The highest BCUT2D eigenvalue weighted by atomic mass is 16.6. The third-order valence-corrected chi connectivity index (χ3v) is 6.05. The monoisotopic (exact) mass is 467 g/mol. The number of benzene rings is 2. The van der Waals surface area contributed by atoms with E-state index in [2.05, 4.69) is 36.5 Å². The van der Waals surface area contributed by atoms with E-state index in [4.69, 9.17) is 14.2 Å². The number of hydrogen-bond acceptors (Lipinski definition) is 5. The molecule has 0 bridgehead atoms. The Balaban J connectivity index is 1.22. The lowest BCUT2D eigenvalue weighted by molar-refractivity contribution is -0.145. The Kier molecular flexibility index (Phi) is 10.9. The summed E-state index contributed by atoms with van der Waals surface area (Å²) in [7, 11) is 0. The van der Waals surface area contributed by atoms with E-state index in [9.17, 15) is 9.59 Å². The number of hydrogen-bond donors (Lipinski definition) is 1. The summed E-state index contributed by atoms with van der Waals surface area (Å²) in [4.78, 5) is 23.8. The van der Waals surface area contributed by atoms with Gasteiger partial charge < -0.3 is 19.5 Å². The molecule has 1 N–H and O–H groups in total. The van der Waals surface area contributed by atoms with E-state index in [1.807, 2.05) is 24.3 Å². The van der Waals surface area contributed by atoms with Crippen LogP contribution in [0.25, 0.3) is 11.1 Å². The Morgan fingerprint density at radius 2 is 1.47 bits per heavy atom. The molecular formula is C28H37NO5. The van der Waals surface area contributed by atoms with Crippen LogP contribution in [0.15, 0.2) is 48.5 Å². The predicted octanol–water partition coefficient (Wildman–Crippen LogP) is 5.84. The predicted molar refractivity (Wildman–Crippen MR) is 133 cm³/mol. The number of unbranched alkanes of at least 4 members (excludes halogenated alkanes) is 4. The fourth-order valence-corrected chi connectivity index (χ4v) is 4.28. The Labute approximate surface area is 203 Å². The quantitative estimate of drug-likeness (QED) is 0.263. The molecular weight excluding hydrogens is 430 g/mol. The molecule has 1 aliphatic rings. The molecule has 0 atom stereocenters. The van der Waals surface area contributed by atoms with Crippen LogP contribution in [0.2, 0.25) is 0 Å². The van der Waals surface area contributed by atoms with Crippen LogP contribution in [0.5, 0.6) is 0 Å². The molecule has 34 heavy (non-hydrogen) atoms. The van der Waals surface area contributed by atoms with Crippen LogP contribution >= 0.6 is 0 Å². The van der Waals surface area contributed by atoms with E-state index in [0.717, 1.165) is 12.8 Å². The molecule has 3 rings (SSSR count). The molecule has 2 aromatic carbocycles. The minimum absolute atomic E-state index is 0.0561. The Morgan fingerprint density at radius 1 is 0.794 bits per heavy atom. The average molecular weight is 468 g/mol. The number of ether oxygens (including phenoxy) is 3. The molecule has 0 saturated heterocycles. The summed E-state index contributed by atoms with van der Waals surface area (Å²) in [5.74, 6) is -0.0995. The van der Waals surface area contributed by atoms with Gasteiger partial charge in [-0.15, -0.1) is 0 Å². The number of carbonyl (C=O) groups excluding carboxylic acids is 2. The van der Waals surface area contributed by atoms with E-state index in [0.29, 0.717) is 39.2 Å². The number of nitrogens with one attached hydrogen (secondary N) is 1. The number of amides is 1. The number of alkyl carbamates (subject to hydrolysis) is 1. The number of carbonyl (C=O) groups is 2. The van der Waals surface area contributed by atoms with Crippen molar-refractivity contribution in [3.8, 4) is 11.1 Å².